The van der Waals surface area contributed by atoms with E-state index in [0.717, 1.165) is 11.5 Å². The second-order valence-electron chi connectivity index (χ2n) is 1.77. The predicted octanol–water partition coefficient (Wildman–Crippen LogP) is 0.510. The number of aromatic nitrogens is 1. The summed E-state index contributed by atoms with van der Waals surface area (Å²) in [5, 5.41) is 1.34. The van der Waals surface area contributed by atoms with Crippen molar-refractivity contribution in [1.82, 2.24) is 4.37 Å². The van der Waals surface area contributed by atoms with Crippen molar-refractivity contribution >= 4 is 28.6 Å². The monoisotopic (exact) mass is 207 g/mol. The molecule has 0 amide bonds. The number of rotatable bonds is 2. The van der Waals surface area contributed by atoms with Gasteiger partial charge in [-0.05, 0) is 11.5 Å². The van der Waals surface area contributed by atoms with E-state index >= 15 is 0 Å². The first-order chi connectivity index (χ1) is 5.66. The Morgan fingerprint density at radius 1 is 1.83 bits per heavy atom. The molecule has 7 heteroatoms. The summed E-state index contributed by atoms with van der Waals surface area (Å²) < 4.78 is 27.2. The van der Waals surface area contributed by atoms with E-state index in [1.807, 2.05) is 0 Å². The van der Waals surface area contributed by atoms with Gasteiger partial charge in [0.25, 0.3) is 0 Å². The van der Waals surface area contributed by atoms with Crippen LogP contribution in [0.1, 0.15) is 10.5 Å². The predicted molar refractivity (Wildman–Crippen MR) is 42.5 cm³/mol. The van der Waals surface area contributed by atoms with Crippen LogP contribution in [0.2, 0.25) is 0 Å². The molecule has 1 aromatic heterocycles. The fraction of sp³-hybridized carbons (Fsp3) is 0.200. The molecule has 0 radical (unpaired) electrons. The summed E-state index contributed by atoms with van der Waals surface area (Å²) in [6, 6.07) is 0. The highest BCUT2D eigenvalue weighted by molar-refractivity contribution is 7.79. The van der Waals surface area contributed by atoms with Gasteiger partial charge in [-0.15, -0.1) is 0 Å². The third-order valence-corrected chi connectivity index (χ3v) is 2.57. The summed E-state index contributed by atoms with van der Waals surface area (Å²) in [6.45, 7) is 0. The molecule has 0 saturated heterocycles. The molecule has 0 saturated carbocycles. The molecule has 0 fully saturated rings. The SMILES string of the molecule is COC(=O)c1nscc1S(=O)O. The lowest BCUT2D eigenvalue weighted by Crippen LogP contribution is -2.05. The molecule has 0 spiro atoms. The minimum Gasteiger partial charge on any atom is -0.464 e. The first-order valence-corrected chi connectivity index (χ1v) is 4.74. The molecule has 1 heterocycles. The van der Waals surface area contributed by atoms with Crippen LogP contribution in [0.15, 0.2) is 10.3 Å². The van der Waals surface area contributed by atoms with Gasteiger partial charge in [-0.2, -0.15) is 4.37 Å². The summed E-state index contributed by atoms with van der Waals surface area (Å²) in [5.74, 6) is -0.700. The Kier molecular flexibility index (Phi) is 2.90. The molecule has 1 N–H and O–H groups in total. The smallest absolute Gasteiger partial charge is 0.359 e. The van der Waals surface area contributed by atoms with Crippen LogP contribution in [0, 0.1) is 0 Å². The van der Waals surface area contributed by atoms with Gasteiger partial charge in [0.15, 0.2) is 16.8 Å². The third kappa shape index (κ3) is 1.68. The lowest BCUT2D eigenvalue weighted by molar-refractivity contribution is 0.0591. The lowest BCUT2D eigenvalue weighted by Gasteiger charge is -1.94. The van der Waals surface area contributed by atoms with Crippen molar-refractivity contribution in [3.05, 3.63) is 11.1 Å². The average molecular weight is 207 g/mol. The maximum absolute atomic E-state index is 10.9. The lowest BCUT2D eigenvalue weighted by atomic mass is 10.4. The molecule has 5 nitrogen and oxygen atoms in total. The number of carbonyl (C=O) groups excluding carboxylic acids is 1. The summed E-state index contributed by atoms with van der Waals surface area (Å²) in [5.41, 5.74) is -0.0941. The molecule has 1 unspecified atom stereocenters. The molecule has 0 aliphatic carbocycles. The highest BCUT2D eigenvalue weighted by atomic mass is 32.2. The number of hydrogen-bond donors (Lipinski definition) is 1. The van der Waals surface area contributed by atoms with Crippen molar-refractivity contribution in [3.63, 3.8) is 0 Å². The Bertz CT molecular complexity index is 321. The van der Waals surface area contributed by atoms with Gasteiger partial charge < -0.3 is 9.29 Å². The number of ether oxygens (including phenoxy) is 1. The van der Waals surface area contributed by atoms with Crippen LogP contribution in [0.4, 0.5) is 0 Å². The van der Waals surface area contributed by atoms with Gasteiger partial charge in [-0.1, -0.05) is 0 Å². The van der Waals surface area contributed by atoms with Crippen LogP contribution in [-0.2, 0) is 15.8 Å². The number of hydrogen-bond acceptors (Lipinski definition) is 5. The number of carbonyl (C=O) groups is 1. The van der Waals surface area contributed by atoms with Crippen LogP contribution in [0.25, 0.3) is 0 Å². The van der Waals surface area contributed by atoms with Gasteiger partial charge in [0, 0.05) is 5.38 Å². The fourth-order valence-electron chi connectivity index (χ4n) is 0.586. The summed E-state index contributed by atoms with van der Waals surface area (Å²) in [7, 11) is 1.19. The van der Waals surface area contributed by atoms with E-state index in [4.69, 9.17) is 4.55 Å². The van der Waals surface area contributed by atoms with Gasteiger partial charge in [-0.3, -0.25) is 0 Å². The molecule has 1 atom stereocenters. The van der Waals surface area contributed by atoms with Crippen molar-refractivity contribution in [2.75, 3.05) is 7.11 Å². The van der Waals surface area contributed by atoms with Crippen molar-refractivity contribution in [2.24, 2.45) is 0 Å². The van der Waals surface area contributed by atoms with E-state index < -0.39 is 17.0 Å². The Labute approximate surface area is 74.8 Å². The van der Waals surface area contributed by atoms with E-state index in [0.29, 0.717) is 0 Å². The number of nitrogens with zero attached hydrogens (tertiary/aromatic N) is 1. The number of esters is 1. The van der Waals surface area contributed by atoms with Crippen molar-refractivity contribution in [3.8, 4) is 0 Å². The Hall–Kier alpha value is -0.790. The first-order valence-electron chi connectivity index (χ1n) is 2.80. The minimum absolute atomic E-state index is 0.00755. The van der Waals surface area contributed by atoms with Gasteiger partial charge in [0.1, 0.15) is 4.90 Å². The molecule has 0 aromatic carbocycles. The van der Waals surface area contributed by atoms with E-state index in [9.17, 15) is 9.00 Å². The zero-order chi connectivity index (χ0) is 9.14. The largest absolute Gasteiger partial charge is 0.464 e. The first kappa shape index (κ1) is 9.30. The maximum Gasteiger partial charge on any atom is 0.359 e. The highest BCUT2D eigenvalue weighted by Crippen LogP contribution is 2.14. The van der Waals surface area contributed by atoms with Crippen LogP contribution in [0.3, 0.4) is 0 Å². The fourth-order valence-corrected chi connectivity index (χ4v) is 1.94. The van der Waals surface area contributed by atoms with E-state index in [-0.39, 0.29) is 10.6 Å². The van der Waals surface area contributed by atoms with Gasteiger partial charge in [-0.25, -0.2) is 9.00 Å². The molecular weight excluding hydrogens is 202 g/mol. The molecule has 66 valence electrons. The molecule has 1 aromatic rings. The van der Waals surface area contributed by atoms with Crippen LogP contribution in [-0.4, -0.2) is 26.2 Å². The van der Waals surface area contributed by atoms with E-state index in [1.54, 1.807) is 0 Å². The van der Waals surface area contributed by atoms with E-state index in [1.165, 1.54) is 12.5 Å². The summed E-state index contributed by atoms with van der Waals surface area (Å²) >= 11 is -1.25. The molecule has 0 bridgehead atoms. The van der Waals surface area contributed by atoms with Gasteiger partial charge in [0.05, 0.1) is 7.11 Å². The second-order valence-corrected chi connectivity index (χ2v) is 3.34. The molecule has 0 aliphatic heterocycles. The molecule has 12 heavy (non-hydrogen) atoms. The molecule has 1 rings (SSSR count). The Morgan fingerprint density at radius 2 is 2.50 bits per heavy atom. The van der Waals surface area contributed by atoms with Gasteiger partial charge in [0.2, 0.25) is 0 Å². The summed E-state index contributed by atoms with van der Waals surface area (Å²) in [4.78, 5) is 10.9. The van der Waals surface area contributed by atoms with Crippen molar-refractivity contribution in [1.29, 1.82) is 0 Å². The molecular formula is C5H5NO4S2. The van der Waals surface area contributed by atoms with Crippen LogP contribution in [0.5, 0.6) is 0 Å². The quantitative estimate of drug-likeness (QED) is 0.564. The topological polar surface area (TPSA) is 76.5 Å². The van der Waals surface area contributed by atoms with Crippen molar-refractivity contribution < 1.29 is 18.3 Å². The van der Waals surface area contributed by atoms with Crippen LogP contribution < -0.4 is 0 Å². The minimum atomic E-state index is -2.18. The average Bonchev–Trinajstić information content (AvgIpc) is 2.50. The highest BCUT2D eigenvalue weighted by Gasteiger charge is 2.18. The third-order valence-electron chi connectivity index (χ3n) is 1.10. The maximum atomic E-state index is 10.9. The Balaban J connectivity index is 3.07. The zero-order valence-electron chi connectivity index (χ0n) is 6.01. The standard InChI is InChI=1S/C5H5NO4S2/c1-10-5(7)4-3(12(8)9)2-11-6-4/h2H,1H3,(H,8,9). The number of methoxy groups -OCH3 is 1. The van der Waals surface area contributed by atoms with E-state index in [2.05, 4.69) is 9.11 Å². The zero-order valence-corrected chi connectivity index (χ0v) is 7.65. The van der Waals surface area contributed by atoms with Crippen LogP contribution >= 0.6 is 11.5 Å². The van der Waals surface area contributed by atoms with Gasteiger partial charge >= 0.3 is 5.97 Å². The Morgan fingerprint density at radius 3 is 3.00 bits per heavy atom. The summed E-state index contributed by atoms with van der Waals surface area (Å²) in [6.07, 6.45) is 0. The second kappa shape index (κ2) is 3.74. The molecule has 0 aliphatic rings. The normalized spacial score (nSPS) is 12.5. The van der Waals surface area contributed by atoms with Crippen molar-refractivity contribution in [2.45, 2.75) is 4.90 Å².